The number of rotatable bonds is 3. The molecule has 0 bridgehead atoms. The molecule has 2 unspecified atom stereocenters. The highest BCUT2D eigenvalue weighted by Crippen LogP contribution is 2.30. The molecular formula is C13H16N2O5S. The van der Waals surface area contributed by atoms with Crippen molar-refractivity contribution in [2.45, 2.75) is 29.9 Å². The smallest absolute Gasteiger partial charge is 0.261 e. The Kier molecular flexibility index (Phi) is 3.60. The summed E-state index contributed by atoms with van der Waals surface area (Å²) in [6.07, 6.45) is 0.482. The second-order valence-corrected chi connectivity index (χ2v) is 6.76. The lowest BCUT2D eigenvalue weighted by Crippen LogP contribution is -2.43. The molecule has 2 aliphatic rings. The summed E-state index contributed by atoms with van der Waals surface area (Å²) in [6.45, 7) is 1.16. The number of carbonyl (C=O) groups excluding carboxylic acids is 1. The van der Waals surface area contributed by atoms with E-state index in [2.05, 4.69) is 5.32 Å². The minimum atomic E-state index is -3.75. The number of benzene rings is 1. The summed E-state index contributed by atoms with van der Waals surface area (Å²) in [6, 6.07) is 4.38. The number of carbonyl (C=O) groups is 1. The van der Waals surface area contributed by atoms with Gasteiger partial charge < -0.3 is 14.8 Å². The van der Waals surface area contributed by atoms with Gasteiger partial charge in [0.15, 0.2) is 6.10 Å². The molecule has 2 atom stereocenters. The molecule has 3 rings (SSSR count). The van der Waals surface area contributed by atoms with E-state index in [-0.39, 0.29) is 16.8 Å². The van der Waals surface area contributed by atoms with Crippen molar-refractivity contribution >= 4 is 15.9 Å². The van der Waals surface area contributed by atoms with E-state index >= 15 is 0 Å². The summed E-state index contributed by atoms with van der Waals surface area (Å²) in [5, 5.41) is 7.96. The molecule has 0 aliphatic carbocycles. The van der Waals surface area contributed by atoms with Crippen molar-refractivity contribution in [1.82, 2.24) is 5.32 Å². The molecular weight excluding hydrogens is 296 g/mol. The van der Waals surface area contributed by atoms with Crippen LogP contribution in [0.25, 0.3) is 0 Å². The second-order valence-electron chi connectivity index (χ2n) is 5.19. The van der Waals surface area contributed by atoms with E-state index in [1.165, 1.54) is 18.2 Å². The Labute approximate surface area is 122 Å². The SMILES string of the molecule is NS(=O)(=O)c1ccc2c(c1)CC(C(=O)NC1CCOC1)O2. The number of hydrogen-bond acceptors (Lipinski definition) is 5. The van der Waals surface area contributed by atoms with Crippen LogP contribution in [0.5, 0.6) is 5.75 Å². The van der Waals surface area contributed by atoms with E-state index in [0.29, 0.717) is 30.9 Å². The molecule has 0 aromatic heterocycles. The van der Waals surface area contributed by atoms with Crippen molar-refractivity contribution < 1.29 is 22.7 Å². The van der Waals surface area contributed by atoms with Crippen LogP contribution < -0.4 is 15.2 Å². The second kappa shape index (κ2) is 5.28. The van der Waals surface area contributed by atoms with E-state index in [1.54, 1.807) is 0 Å². The Morgan fingerprint density at radius 2 is 2.19 bits per heavy atom. The predicted octanol–water partition coefficient (Wildman–Crippen LogP) is -0.457. The number of nitrogens with one attached hydrogen (secondary N) is 1. The molecule has 3 N–H and O–H groups in total. The maximum atomic E-state index is 12.1. The van der Waals surface area contributed by atoms with Crippen LogP contribution >= 0.6 is 0 Å². The average molecular weight is 312 g/mol. The van der Waals surface area contributed by atoms with Gasteiger partial charge in [0.1, 0.15) is 5.75 Å². The standard InChI is InChI=1S/C13H16N2O5S/c14-21(17,18)10-1-2-11-8(5-10)6-12(20-11)13(16)15-9-3-4-19-7-9/h1-2,5,9,12H,3-4,6-7H2,(H,15,16)(H2,14,17,18). The van der Waals surface area contributed by atoms with Gasteiger partial charge in [-0.25, -0.2) is 13.6 Å². The molecule has 1 amide bonds. The number of amides is 1. The van der Waals surface area contributed by atoms with Gasteiger partial charge in [0.05, 0.1) is 17.5 Å². The van der Waals surface area contributed by atoms with Gasteiger partial charge >= 0.3 is 0 Å². The summed E-state index contributed by atoms with van der Waals surface area (Å²) < 4.78 is 33.4. The normalized spacial score (nSPS) is 24.4. The summed E-state index contributed by atoms with van der Waals surface area (Å²) in [5.41, 5.74) is 0.671. The van der Waals surface area contributed by atoms with Crippen molar-refractivity contribution in [3.63, 3.8) is 0 Å². The topological polar surface area (TPSA) is 108 Å². The van der Waals surface area contributed by atoms with Gasteiger partial charge in [0.25, 0.3) is 5.91 Å². The number of fused-ring (bicyclic) bond motifs is 1. The van der Waals surface area contributed by atoms with Crippen LogP contribution in [0.2, 0.25) is 0 Å². The van der Waals surface area contributed by atoms with Crippen molar-refractivity contribution in [1.29, 1.82) is 0 Å². The molecule has 1 aromatic rings. The van der Waals surface area contributed by atoms with Gasteiger partial charge in [-0.1, -0.05) is 0 Å². The Hall–Kier alpha value is -1.64. The molecule has 1 saturated heterocycles. The molecule has 7 nitrogen and oxygen atoms in total. The van der Waals surface area contributed by atoms with Gasteiger partial charge in [0, 0.05) is 13.0 Å². The molecule has 0 spiro atoms. The quantitative estimate of drug-likeness (QED) is 0.785. The van der Waals surface area contributed by atoms with Crippen LogP contribution in [0.3, 0.4) is 0 Å². The van der Waals surface area contributed by atoms with Gasteiger partial charge in [0.2, 0.25) is 10.0 Å². The van der Waals surface area contributed by atoms with E-state index < -0.39 is 16.1 Å². The van der Waals surface area contributed by atoms with Crippen molar-refractivity contribution in [3.8, 4) is 5.75 Å². The molecule has 0 saturated carbocycles. The summed E-state index contributed by atoms with van der Waals surface area (Å²) in [7, 11) is -3.75. The number of nitrogens with two attached hydrogens (primary N) is 1. The lowest BCUT2D eigenvalue weighted by Gasteiger charge is -2.14. The van der Waals surface area contributed by atoms with E-state index in [0.717, 1.165) is 6.42 Å². The predicted molar refractivity (Wildman–Crippen MR) is 73.3 cm³/mol. The van der Waals surface area contributed by atoms with E-state index in [1.807, 2.05) is 0 Å². The lowest BCUT2D eigenvalue weighted by molar-refractivity contribution is -0.128. The molecule has 8 heteroatoms. The first-order valence-electron chi connectivity index (χ1n) is 6.64. The molecule has 0 radical (unpaired) electrons. The van der Waals surface area contributed by atoms with Crippen LogP contribution in [0, 0.1) is 0 Å². The van der Waals surface area contributed by atoms with Gasteiger partial charge in [-0.15, -0.1) is 0 Å². The Morgan fingerprint density at radius 3 is 2.86 bits per heavy atom. The first-order chi connectivity index (χ1) is 9.93. The minimum absolute atomic E-state index is 0.0183. The Bertz CT molecular complexity index is 667. The highest BCUT2D eigenvalue weighted by Gasteiger charge is 2.31. The highest BCUT2D eigenvalue weighted by atomic mass is 32.2. The highest BCUT2D eigenvalue weighted by molar-refractivity contribution is 7.89. The molecule has 21 heavy (non-hydrogen) atoms. The fraction of sp³-hybridized carbons (Fsp3) is 0.462. The fourth-order valence-electron chi connectivity index (χ4n) is 2.49. The van der Waals surface area contributed by atoms with Crippen LogP contribution in [0.1, 0.15) is 12.0 Å². The van der Waals surface area contributed by atoms with Crippen LogP contribution in [0.4, 0.5) is 0 Å². The minimum Gasteiger partial charge on any atom is -0.480 e. The van der Waals surface area contributed by atoms with Gasteiger partial charge in [-0.05, 0) is 30.2 Å². The molecule has 1 fully saturated rings. The number of primary sulfonamides is 1. The number of ether oxygens (including phenoxy) is 2. The first kappa shape index (κ1) is 14.3. The number of hydrogen-bond donors (Lipinski definition) is 2. The van der Waals surface area contributed by atoms with Crippen LogP contribution in [-0.2, 0) is 26.0 Å². The Balaban J connectivity index is 1.70. The van der Waals surface area contributed by atoms with E-state index in [9.17, 15) is 13.2 Å². The van der Waals surface area contributed by atoms with Crippen molar-refractivity contribution in [2.75, 3.05) is 13.2 Å². The van der Waals surface area contributed by atoms with Gasteiger partial charge in [-0.2, -0.15) is 0 Å². The lowest BCUT2D eigenvalue weighted by atomic mass is 10.1. The maximum Gasteiger partial charge on any atom is 0.261 e. The number of sulfonamides is 1. The Morgan fingerprint density at radius 1 is 1.38 bits per heavy atom. The summed E-state index contributed by atoms with van der Waals surface area (Å²) >= 11 is 0. The third-order valence-corrected chi connectivity index (χ3v) is 4.51. The fourth-order valence-corrected chi connectivity index (χ4v) is 3.05. The molecule has 1 aromatic carbocycles. The zero-order chi connectivity index (χ0) is 15.0. The van der Waals surface area contributed by atoms with Crippen molar-refractivity contribution in [2.24, 2.45) is 5.14 Å². The van der Waals surface area contributed by atoms with Gasteiger partial charge in [-0.3, -0.25) is 4.79 Å². The molecule has 114 valence electrons. The zero-order valence-electron chi connectivity index (χ0n) is 11.2. The van der Waals surface area contributed by atoms with Crippen LogP contribution in [-0.4, -0.2) is 39.7 Å². The summed E-state index contributed by atoms with van der Waals surface area (Å²) in [4.78, 5) is 12.1. The third-order valence-electron chi connectivity index (χ3n) is 3.60. The zero-order valence-corrected chi connectivity index (χ0v) is 12.1. The van der Waals surface area contributed by atoms with Crippen molar-refractivity contribution in [3.05, 3.63) is 23.8 Å². The first-order valence-corrected chi connectivity index (χ1v) is 8.18. The largest absolute Gasteiger partial charge is 0.480 e. The monoisotopic (exact) mass is 312 g/mol. The average Bonchev–Trinajstić information content (AvgIpc) is 3.04. The van der Waals surface area contributed by atoms with Crippen LogP contribution in [0.15, 0.2) is 23.1 Å². The van der Waals surface area contributed by atoms with E-state index in [4.69, 9.17) is 14.6 Å². The maximum absolute atomic E-state index is 12.1. The summed E-state index contributed by atoms with van der Waals surface area (Å²) in [5.74, 6) is 0.309. The third kappa shape index (κ3) is 3.02. The molecule has 2 aliphatic heterocycles. The molecule has 2 heterocycles.